The van der Waals surface area contributed by atoms with Crippen LogP contribution < -0.4 is 0 Å². The first-order valence-corrected chi connectivity index (χ1v) is 5.92. The second-order valence-corrected chi connectivity index (χ2v) is 5.15. The molecule has 1 aromatic rings. The van der Waals surface area contributed by atoms with Crippen molar-refractivity contribution in [3.05, 3.63) is 16.1 Å². The average Bonchev–Trinajstić information content (AvgIpc) is 2.50. The average molecular weight is 262 g/mol. The van der Waals surface area contributed by atoms with E-state index in [-0.39, 0.29) is 10.6 Å². The summed E-state index contributed by atoms with van der Waals surface area (Å²) in [5.74, 6) is 0.525. The van der Waals surface area contributed by atoms with Crippen LogP contribution in [0, 0.1) is 5.92 Å². The van der Waals surface area contributed by atoms with Gasteiger partial charge in [0.25, 0.3) is 0 Å². The van der Waals surface area contributed by atoms with Gasteiger partial charge in [0.2, 0.25) is 0 Å². The fourth-order valence-corrected chi connectivity index (χ4v) is 2.29. The maximum absolute atomic E-state index is 11.0. The molecule has 0 amide bonds. The molecule has 0 aliphatic heterocycles. The van der Waals surface area contributed by atoms with Crippen molar-refractivity contribution in [2.75, 3.05) is 0 Å². The lowest BCUT2D eigenvalue weighted by atomic mass is 10.1. The van der Waals surface area contributed by atoms with Crippen LogP contribution in [0.4, 0.5) is 0 Å². The Morgan fingerprint density at radius 2 is 2.23 bits per heavy atom. The van der Waals surface area contributed by atoms with Gasteiger partial charge in [-0.15, -0.1) is 11.3 Å². The lowest BCUT2D eigenvalue weighted by Gasteiger charge is -2.09. The standard InChI is InChI=1S/C9H12BrNOS/c1-5(2)8(10)9-11-7(4-13-9)6(3)12/h4-5,8H,1-3H3. The smallest absolute Gasteiger partial charge is 0.178 e. The molecule has 0 bridgehead atoms. The molecule has 4 heteroatoms. The first-order valence-electron chi connectivity index (χ1n) is 4.12. The fraction of sp³-hybridized carbons (Fsp3) is 0.556. The highest BCUT2D eigenvalue weighted by atomic mass is 79.9. The number of thiazole rings is 1. The Hall–Kier alpha value is -0.220. The van der Waals surface area contributed by atoms with E-state index < -0.39 is 0 Å². The molecule has 1 aromatic heterocycles. The molecule has 1 atom stereocenters. The Bertz CT molecular complexity index is 308. The number of hydrogen-bond donors (Lipinski definition) is 0. The van der Waals surface area contributed by atoms with Crippen LogP contribution in [0.25, 0.3) is 0 Å². The van der Waals surface area contributed by atoms with E-state index in [2.05, 4.69) is 34.8 Å². The molecule has 0 spiro atoms. The number of carbonyl (C=O) groups is 1. The van der Waals surface area contributed by atoms with Crippen LogP contribution in [0.5, 0.6) is 0 Å². The maximum atomic E-state index is 11.0. The Balaban J connectivity index is 2.85. The highest BCUT2D eigenvalue weighted by Gasteiger charge is 2.16. The van der Waals surface area contributed by atoms with Crippen molar-refractivity contribution >= 4 is 33.0 Å². The third-order valence-corrected chi connectivity index (χ3v) is 4.43. The Kier molecular flexibility index (Phi) is 3.62. The maximum Gasteiger partial charge on any atom is 0.178 e. The van der Waals surface area contributed by atoms with Crippen molar-refractivity contribution in [1.82, 2.24) is 4.98 Å². The largest absolute Gasteiger partial charge is 0.293 e. The lowest BCUT2D eigenvalue weighted by Crippen LogP contribution is -1.99. The summed E-state index contributed by atoms with van der Waals surface area (Å²) in [7, 11) is 0. The van der Waals surface area contributed by atoms with Crippen LogP contribution in [0.3, 0.4) is 0 Å². The lowest BCUT2D eigenvalue weighted by molar-refractivity contribution is 0.101. The van der Waals surface area contributed by atoms with Gasteiger partial charge in [0, 0.05) is 12.3 Å². The van der Waals surface area contributed by atoms with Crippen LogP contribution in [-0.2, 0) is 0 Å². The van der Waals surface area contributed by atoms with E-state index in [4.69, 9.17) is 0 Å². The van der Waals surface area contributed by atoms with Crippen LogP contribution in [0.15, 0.2) is 5.38 Å². The number of carbonyl (C=O) groups excluding carboxylic acids is 1. The molecule has 0 aromatic carbocycles. The minimum atomic E-state index is 0.0333. The summed E-state index contributed by atoms with van der Waals surface area (Å²) in [6.45, 7) is 5.78. The Labute approximate surface area is 90.5 Å². The number of Topliss-reactive ketones (excluding diaryl/α,β-unsaturated/α-hetero) is 1. The van der Waals surface area contributed by atoms with Crippen molar-refractivity contribution in [1.29, 1.82) is 0 Å². The van der Waals surface area contributed by atoms with E-state index in [9.17, 15) is 4.79 Å². The summed E-state index contributed by atoms with van der Waals surface area (Å²) < 4.78 is 0. The molecule has 0 N–H and O–H groups in total. The quantitative estimate of drug-likeness (QED) is 0.617. The van der Waals surface area contributed by atoms with Gasteiger partial charge < -0.3 is 0 Å². The zero-order chi connectivity index (χ0) is 10.0. The molecule has 1 rings (SSSR count). The molecule has 72 valence electrons. The van der Waals surface area contributed by atoms with E-state index in [0.29, 0.717) is 11.6 Å². The molecule has 0 saturated carbocycles. The summed E-state index contributed by atoms with van der Waals surface area (Å²) in [4.78, 5) is 15.5. The van der Waals surface area contributed by atoms with E-state index in [1.807, 2.05) is 5.38 Å². The van der Waals surface area contributed by atoms with E-state index in [1.54, 1.807) is 0 Å². The van der Waals surface area contributed by atoms with Crippen LogP contribution in [0.1, 0.15) is 41.1 Å². The third kappa shape index (κ3) is 2.61. The van der Waals surface area contributed by atoms with E-state index in [1.165, 1.54) is 18.3 Å². The van der Waals surface area contributed by atoms with Gasteiger partial charge in [-0.1, -0.05) is 29.8 Å². The molecule has 0 fully saturated rings. The zero-order valence-corrected chi connectivity index (χ0v) is 10.3. The summed E-state index contributed by atoms with van der Waals surface area (Å²) in [5, 5.41) is 2.80. The Morgan fingerprint density at radius 3 is 2.62 bits per heavy atom. The monoisotopic (exact) mass is 261 g/mol. The molecular formula is C9H12BrNOS. The molecule has 1 heterocycles. The van der Waals surface area contributed by atoms with Gasteiger partial charge in [0.05, 0.1) is 4.83 Å². The number of alkyl halides is 1. The second-order valence-electron chi connectivity index (χ2n) is 3.27. The minimum absolute atomic E-state index is 0.0333. The van der Waals surface area contributed by atoms with Crippen LogP contribution in [-0.4, -0.2) is 10.8 Å². The van der Waals surface area contributed by atoms with Gasteiger partial charge in [-0.25, -0.2) is 4.98 Å². The minimum Gasteiger partial charge on any atom is -0.293 e. The molecule has 0 aliphatic carbocycles. The van der Waals surface area contributed by atoms with Gasteiger partial charge in [0.15, 0.2) is 5.78 Å². The molecule has 0 aliphatic rings. The summed E-state index contributed by atoms with van der Waals surface area (Å²) in [6, 6.07) is 0. The third-order valence-electron chi connectivity index (χ3n) is 1.70. The first kappa shape index (κ1) is 10.9. The topological polar surface area (TPSA) is 30.0 Å². The van der Waals surface area contributed by atoms with Crippen molar-refractivity contribution in [2.24, 2.45) is 5.92 Å². The predicted molar refractivity (Wildman–Crippen MR) is 58.6 cm³/mol. The van der Waals surface area contributed by atoms with Gasteiger partial charge in [0.1, 0.15) is 10.7 Å². The highest BCUT2D eigenvalue weighted by molar-refractivity contribution is 9.09. The summed E-state index contributed by atoms with van der Waals surface area (Å²) >= 11 is 5.08. The van der Waals surface area contributed by atoms with Gasteiger partial charge in [-0.2, -0.15) is 0 Å². The van der Waals surface area contributed by atoms with Crippen molar-refractivity contribution in [3.63, 3.8) is 0 Å². The fourth-order valence-electron chi connectivity index (χ4n) is 0.861. The number of nitrogens with zero attached hydrogens (tertiary/aromatic N) is 1. The Morgan fingerprint density at radius 1 is 1.62 bits per heavy atom. The number of hydrogen-bond acceptors (Lipinski definition) is 3. The van der Waals surface area contributed by atoms with Gasteiger partial charge in [-0.05, 0) is 5.92 Å². The van der Waals surface area contributed by atoms with Crippen molar-refractivity contribution in [2.45, 2.75) is 25.6 Å². The predicted octanol–water partition coefficient (Wildman–Crippen LogP) is 3.44. The summed E-state index contributed by atoms with van der Waals surface area (Å²) in [6.07, 6.45) is 0. The van der Waals surface area contributed by atoms with E-state index in [0.717, 1.165) is 5.01 Å². The van der Waals surface area contributed by atoms with Gasteiger partial charge in [-0.3, -0.25) is 4.79 Å². The van der Waals surface area contributed by atoms with E-state index >= 15 is 0 Å². The number of halogens is 1. The second kappa shape index (κ2) is 4.33. The SMILES string of the molecule is CC(=O)c1csc(C(Br)C(C)C)n1. The molecule has 2 nitrogen and oxygen atoms in total. The highest BCUT2D eigenvalue weighted by Crippen LogP contribution is 2.32. The van der Waals surface area contributed by atoms with Gasteiger partial charge >= 0.3 is 0 Å². The summed E-state index contributed by atoms with van der Waals surface area (Å²) in [5.41, 5.74) is 0.574. The number of rotatable bonds is 3. The van der Waals surface area contributed by atoms with Crippen LogP contribution >= 0.6 is 27.3 Å². The normalized spacial score (nSPS) is 13.3. The van der Waals surface area contributed by atoms with Crippen molar-refractivity contribution < 1.29 is 4.79 Å². The molecule has 13 heavy (non-hydrogen) atoms. The molecule has 0 radical (unpaired) electrons. The molecule has 1 unspecified atom stereocenters. The number of ketones is 1. The molecular weight excluding hydrogens is 250 g/mol. The zero-order valence-electron chi connectivity index (χ0n) is 7.87. The first-order chi connectivity index (χ1) is 6.02. The van der Waals surface area contributed by atoms with Crippen molar-refractivity contribution in [3.8, 4) is 0 Å². The number of aromatic nitrogens is 1. The molecule has 0 saturated heterocycles. The van der Waals surface area contributed by atoms with Crippen LogP contribution in [0.2, 0.25) is 0 Å².